The van der Waals surface area contributed by atoms with Crippen molar-refractivity contribution in [2.75, 3.05) is 20.8 Å². The monoisotopic (exact) mass is 497 g/mol. The van der Waals surface area contributed by atoms with Crippen LogP contribution in [0.25, 0.3) is 22.2 Å². The van der Waals surface area contributed by atoms with Gasteiger partial charge in [-0.05, 0) is 24.6 Å². The molecule has 36 heavy (non-hydrogen) atoms. The van der Waals surface area contributed by atoms with Crippen molar-refractivity contribution >= 4 is 28.1 Å². The Morgan fingerprint density at radius 1 is 0.972 bits per heavy atom. The molecule has 0 aliphatic carbocycles. The zero-order chi connectivity index (χ0) is 25.1. The Morgan fingerprint density at radius 2 is 1.75 bits per heavy atom. The molecule has 6 nitrogen and oxygen atoms in total. The Balaban J connectivity index is 1.53. The summed E-state index contributed by atoms with van der Waals surface area (Å²) >= 11 is 1.40. The third-order valence-corrected chi connectivity index (χ3v) is 7.23. The predicted octanol–water partition coefficient (Wildman–Crippen LogP) is 6.18. The van der Waals surface area contributed by atoms with Gasteiger partial charge in [-0.3, -0.25) is 4.79 Å². The number of para-hydroxylation sites is 2. The van der Waals surface area contributed by atoms with E-state index >= 15 is 0 Å². The van der Waals surface area contributed by atoms with Crippen molar-refractivity contribution in [1.29, 1.82) is 0 Å². The van der Waals surface area contributed by atoms with E-state index in [4.69, 9.17) is 9.47 Å². The molecular weight excluding hydrogens is 470 g/mol. The number of nitrogens with zero attached hydrogens (tertiary/aromatic N) is 1. The van der Waals surface area contributed by atoms with Gasteiger partial charge in [0.25, 0.3) is 5.91 Å². The highest BCUT2D eigenvalue weighted by Gasteiger charge is 2.26. The van der Waals surface area contributed by atoms with E-state index in [1.54, 1.807) is 14.2 Å². The first-order valence-corrected chi connectivity index (χ1v) is 12.5. The van der Waals surface area contributed by atoms with Gasteiger partial charge < -0.3 is 19.8 Å². The number of hydrogen-bond donors (Lipinski definition) is 2. The predicted molar refractivity (Wildman–Crippen MR) is 144 cm³/mol. The molecule has 0 fully saturated rings. The molecule has 0 radical (unpaired) electrons. The quantitative estimate of drug-likeness (QED) is 0.268. The number of rotatable bonds is 8. The number of H-pyrrole nitrogens is 1. The second-order valence-corrected chi connectivity index (χ2v) is 9.61. The molecule has 7 heteroatoms. The summed E-state index contributed by atoms with van der Waals surface area (Å²) in [4.78, 5) is 22.1. The van der Waals surface area contributed by atoms with Gasteiger partial charge in [0.1, 0.15) is 4.88 Å². The highest BCUT2D eigenvalue weighted by atomic mass is 32.1. The molecule has 5 aromatic rings. The Kier molecular flexibility index (Phi) is 6.73. The number of methoxy groups -OCH3 is 2. The van der Waals surface area contributed by atoms with Gasteiger partial charge in [-0.15, -0.1) is 11.3 Å². The van der Waals surface area contributed by atoms with Gasteiger partial charge in [-0.1, -0.05) is 60.7 Å². The summed E-state index contributed by atoms with van der Waals surface area (Å²) in [6.45, 7) is 2.29. The molecule has 1 atom stereocenters. The lowest BCUT2D eigenvalue weighted by Gasteiger charge is -2.22. The first-order chi connectivity index (χ1) is 17.6. The Morgan fingerprint density at radius 3 is 2.53 bits per heavy atom. The summed E-state index contributed by atoms with van der Waals surface area (Å²) in [6.07, 6.45) is 2.01. The number of aromatic amines is 1. The van der Waals surface area contributed by atoms with Crippen molar-refractivity contribution in [2.45, 2.75) is 12.8 Å². The average Bonchev–Trinajstić information content (AvgIpc) is 3.53. The van der Waals surface area contributed by atoms with Crippen LogP contribution in [0.3, 0.4) is 0 Å². The highest BCUT2D eigenvalue weighted by molar-refractivity contribution is 7.14. The van der Waals surface area contributed by atoms with Crippen LogP contribution >= 0.6 is 11.3 Å². The number of aryl methyl sites for hydroxylation is 1. The molecule has 0 saturated carbocycles. The molecule has 182 valence electrons. The van der Waals surface area contributed by atoms with Crippen molar-refractivity contribution in [3.8, 4) is 22.8 Å². The van der Waals surface area contributed by atoms with Crippen molar-refractivity contribution in [1.82, 2.24) is 15.3 Å². The van der Waals surface area contributed by atoms with Gasteiger partial charge in [-0.25, -0.2) is 4.98 Å². The maximum absolute atomic E-state index is 13.5. The average molecular weight is 498 g/mol. The van der Waals surface area contributed by atoms with Crippen LogP contribution in [-0.2, 0) is 0 Å². The summed E-state index contributed by atoms with van der Waals surface area (Å²) < 4.78 is 11.3. The smallest absolute Gasteiger partial charge is 0.263 e. The molecule has 2 heterocycles. The van der Waals surface area contributed by atoms with E-state index in [2.05, 4.69) is 21.4 Å². The normalized spacial score (nSPS) is 11.9. The van der Waals surface area contributed by atoms with Crippen LogP contribution in [0.2, 0.25) is 0 Å². The number of fused-ring (bicyclic) bond motifs is 1. The minimum absolute atomic E-state index is 0.147. The lowest BCUT2D eigenvalue weighted by Crippen LogP contribution is -2.29. The van der Waals surface area contributed by atoms with Crippen LogP contribution in [0.15, 0.2) is 79.0 Å². The largest absolute Gasteiger partial charge is 0.493 e. The zero-order valence-corrected chi connectivity index (χ0v) is 21.2. The van der Waals surface area contributed by atoms with E-state index in [9.17, 15) is 4.79 Å². The molecule has 0 spiro atoms. The summed E-state index contributed by atoms with van der Waals surface area (Å²) in [5.74, 6) is 0.981. The Labute approximate surface area is 213 Å². The number of nitrogens with one attached hydrogen (secondary N) is 2. The molecule has 0 aliphatic heterocycles. The number of thiazole rings is 1. The van der Waals surface area contributed by atoms with E-state index < -0.39 is 0 Å². The number of hydrogen-bond acceptors (Lipinski definition) is 5. The number of aromatic nitrogens is 2. The molecule has 2 aromatic heterocycles. The molecule has 0 bridgehead atoms. The number of ether oxygens (including phenoxy) is 2. The highest BCUT2D eigenvalue weighted by Crippen LogP contribution is 2.40. The molecular formula is C29H27N3O3S. The van der Waals surface area contributed by atoms with Gasteiger partial charge in [0.15, 0.2) is 11.5 Å². The summed E-state index contributed by atoms with van der Waals surface area (Å²) in [5, 5.41) is 5.13. The number of benzene rings is 3. The van der Waals surface area contributed by atoms with Crippen molar-refractivity contribution in [3.05, 3.63) is 100 Å². The molecule has 2 N–H and O–H groups in total. The Hall–Kier alpha value is -4.10. The van der Waals surface area contributed by atoms with Gasteiger partial charge in [0.2, 0.25) is 0 Å². The third kappa shape index (κ3) is 4.45. The molecule has 1 amide bonds. The van der Waals surface area contributed by atoms with Gasteiger partial charge >= 0.3 is 0 Å². The van der Waals surface area contributed by atoms with Crippen LogP contribution in [0, 0.1) is 6.92 Å². The van der Waals surface area contributed by atoms with E-state index in [0.717, 1.165) is 32.6 Å². The number of carbonyl (C=O) groups excluding carboxylic acids is 1. The van der Waals surface area contributed by atoms with Crippen LogP contribution in [-0.4, -0.2) is 36.6 Å². The fourth-order valence-electron chi connectivity index (χ4n) is 4.60. The van der Waals surface area contributed by atoms with Gasteiger partial charge in [-0.2, -0.15) is 0 Å². The second-order valence-electron chi connectivity index (χ2n) is 8.41. The fraction of sp³-hybridized carbons (Fsp3) is 0.172. The van der Waals surface area contributed by atoms with Crippen LogP contribution < -0.4 is 14.8 Å². The Bertz CT molecular complexity index is 1510. The third-order valence-electron chi connectivity index (χ3n) is 6.26. The topological polar surface area (TPSA) is 76.2 Å². The molecule has 0 saturated heterocycles. The SMILES string of the molecule is COc1cccc(C(CNC(=O)c2sc(C)nc2-c2ccccc2)c2c[nH]c3ccccc23)c1OC. The lowest BCUT2D eigenvalue weighted by atomic mass is 9.89. The van der Waals surface area contributed by atoms with Crippen molar-refractivity contribution in [3.63, 3.8) is 0 Å². The van der Waals surface area contributed by atoms with Crippen LogP contribution in [0.5, 0.6) is 11.5 Å². The maximum Gasteiger partial charge on any atom is 0.263 e. The zero-order valence-electron chi connectivity index (χ0n) is 20.4. The molecule has 0 aliphatic rings. The van der Waals surface area contributed by atoms with E-state index in [0.29, 0.717) is 28.6 Å². The van der Waals surface area contributed by atoms with E-state index in [-0.39, 0.29) is 11.8 Å². The summed E-state index contributed by atoms with van der Waals surface area (Å²) in [7, 11) is 3.26. The minimum atomic E-state index is -0.177. The van der Waals surface area contributed by atoms with Crippen molar-refractivity contribution in [2.24, 2.45) is 0 Å². The summed E-state index contributed by atoms with van der Waals surface area (Å²) in [5.41, 5.74) is 4.68. The number of carbonyl (C=O) groups is 1. The lowest BCUT2D eigenvalue weighted by molar-refractivity contribution is 0.0957. The first-order valence-electron chi connectivity index (χ1n) is 11.7. The summed E-state index contributed by atoms with van der Waals surface area (Å²) in [6, 6.07) is 23.8. The first kappa shape index (κ1) is 23.6. The van der Waals surface area contributed by atoms with Crippen LogP contribution in [0.4, 0.5) is 0 Å². The van der Waals surface area contributed by atoms with Crippen LogP contribution in [0.1, 0.15) is 31.7 Å². The number of amides is 1. The van der Waals surface area contributed by atoms with Crippen molar-refractivity contribution < 1.29 is 14.3 Å². The minimum Gasteiger partial charge on any atom is -0.493 e. The standard InChI is InChI=1S/C29H27N3O3S/c1-18-32-26(19-10-5-4-6-11-19)28(36-18)29(33)31-17-23(21-13-9-15-25(34-2)27(21)35-3)22-16-30-24-14-8-7-12-20(22)24/h4-16,23,30H,17H2,1-3H3,(H,31,33). The van der Waals surface area contributed by atoms with E-state index in [1.165, 1.54) is 11.3 Å². The second kappa shape index (κ2) is 10.3. The van der Waals surface area contributed by atoms with E-state index in [1.807, 2.05) is 79.9 Å². The van der Waals surface area contributed by atoms with Gasteiger partial charge in [0.05, 0.1) is 24.9 Å². The fourth-order valence-corrected chi connectivity index (χ4v) is 5.46. The molecule has 5 rings (SSSR count). The molecule has 3 aromatic carbocycles. The maximum atomic E-state index is 13.5. The van der Waals surface area contributed by atoms with Gasteiger partial charge in [0, 0.05) is 40.7 Å². The molecule has 1 unspecified atom stereocenters.